The Bertz CT molecular complexity index is 1950. The van der Waals surface area contributed by atoms with Crippen LogP contribution in [0, 0.1) is 0 Å². The minimum Gasteiger partial charge on any atom is -0.264 e. The molecule has 1 aliphatic rings. The number of aromatic nitrogens is 2. The van der Waals surface area contributed by atoms with Crippen LogP contribution in [0.25, 0.3) is 61.2 Å². The fourth-order valence-electron chi connectivity index (χ4n) is 5.97. The quantitative estimate of drug-likeness (QED) is 0.188. The average Bonchev–Trinajstić information content (AvgIpc) is 3.38. The molecule has 0 radical (unpaired) electrons. The fourth-order valence-corrected chi connectivity index (χ4v) is 5.97. The van der Waals surface area contributed by atoms with E-state index in [0.717, 1.165) is 35.1 Å². The summed E-state index contributed by atoms with van der Waals surface area (Å²) in [6.45, 7) is 2.22. The summed E-state index contributed by atoms with van der Waals surface area (Å²) < 4.78 is 0. The highest BCUT2D eigenvalue weighted by atomic mass is 14.6. The zero-order valence-corrected chi connectivity index (χ0v) is 25.4. The Labute approximate surface area is 265 Å². The van der Waals surface area contributed by atoms with Crippen LogP contribution < -0.4 is 0 Å². The number of rotatable bonds is 7. The van der Waals surface area contributed by atoms with Crippen LogP contribution in [0.4, 0.5) is 0 Å². The first-order valence-corrected chi connectivity index (χ1v) is 15.6. The minimum atomic E-state index is 0.989. The van der Waals surface area contributed by atoms with Crippen LogP contribution in [0.15, 0.2) is 170 Å². The zero-order chi connectivity index (χ0) is 30.4. The van der Waals surface area contributed by atoms with Gasteiger partial charge in [-0.2, -0.15) is 0 Å². The van der Waals surface area contributed by atoms with Gasteiger partial charge in [0.15, 0.2) is 0 Å². The predicted molar refractivity (Wildman–Crippen MR) is 189 cm³/mol. The largest absolute Gasteiger partial charge is 0.264 e. The fraction of sp³-hybridized carbons (Fsp3) is 0.0698. The van der Waals surface area contributed by atoms with Gasteiger partial charge in [-0.3, -0.25) is 9.97 Å². The van der Waals surface area contributed by atoms with Gasteiger partial charge in [-0.1, -0.05) is 104 Å². The molecule has 216 valence electrons. The smallest absolute Gasteiger partial charge is 0.0346 e. The maximum absolute atomic E-state index is 4.35. The van der Waals surface area contributed by atoms with E-state index in [2.05, 4.69) is 144 Å². The van der Waals surface area contributed by atoms with Crippen molar-refractivity contribution in [1.29, 1.82) is 0 Å². The molecule has 6 aromatic rings. The molecule has 0 atom stereocenters. The number of hydrogen-bond acceptors (Lipinski definition) is 2. The second kappa shape index (κ2) is 13.0. The normalized spacial score (nSPS) is 12.7. The zero-order valence-electron chi connectivity index (χ0n) is 25.4. The molecular formula is C43H34N2. The van der Waals surface area contributed by atoms with Gasteiger partial charge in [-0.05, 0) is 117 Å². The molecule has 0 amide bonds. The van der Waals surface area contributed by atoms with Crippen molar-refractivity contribution >= 4 is 5.57 Å². The topological polar surface area (TPSA) is 25.8 Å². The van der Waals surface area contributed by atoms with Crippen molar-refractivity contribution in [2.45, 2.75) is 19.8 Å². The Morgan fingerprint density at radius 1 is 0.489 bits per heavy atom. The molecule has 7 rings (SSSR count). The lowest BCUT2D eigenvalue weighted by Crippen LogP contribution is -1.89. The lowest BCUT2D eigenvalue weighted by atomic mass is 9.90. The van der Waals surface area contributed by atoms with Crippen molar-refractivity contribution in [3.05, 3.63) is 175 Å². The molecule has 2 heterocycles. The molecule has 0 aliphatic heterocycles. The summed E-state index contributed by atoms with van der Waals surface area (Å²) in [5.74, 6) is 0. The molecule has 0 N–H and O–H groups in total. The van der Waals surface area contributed by atoms with Crippen molar-refractivity contribution in [2.75, 3.05) is 0 Å². The van der Waals surface area contributed by atoms with Crippen LogP contribution in [0.1, 0.15) is 25.3 Å². The highest BCUT2D eigenvalue weighted by Gasteiger charge is 2.11. The van der Waals surface area contributed by atoms with Crippen LogP contribution >= 0.6 is 0 Å². The van der Waals surface area contributed by atoms with E-state index in [-0.39, 0.29) is 0 Å². The second-order valence-corrected chi connectivity index (χ2v) is 11.4. The summed E-state index contributed by atoms with van der Waals surface area (Å²) in [6.07, 6.45) is 18.6. The molecule has 1 aliphatic carbocycles. The van der Waals surface area contributed by atoms with Gasteiger partial charge in [0.2, 0.25) is 0 Å². The molecular weight excluding hydrogens is 544 g/mol. The number of pyridine rings is 2. The first-order valence-electron chi connectivity index (χ1n) is 15.6. The van der Waals surface area contributed by atoms with Gasteiger partial charge < -0.3 is 0 Å². The Balaban J connectivity index is 1.35. The van der Waals surface area contributed by atoms with Gasteiger partial charge in [0, 0.05) is 35.9 Å². The van der Waals surface area contributed by atoms with E-state index in [9.17, 15) is 0 Å². The predicted octanol–water partition coefficient (Wildman–Crippen LogP) is 11.5. The summed E-state index contributed by atoms with van der Waals surface area (Å²) in [4.78, 5) is 8.70. The number of hydrogen-bond donors (Lipinski definition) is 0. The van der Waals surface area contributed by atoms with Crippen LogP contribution in [-0.4, -0.2) is 9.97 Å². The molecule has 0 saturated heterocycles. The summed E-state index contributed by atoms with van der Waals surface area (Å²) in [5.41, 5.74) is 15.6. The van der Waals surface area contributed by atoms with E-state index in [4.69, 9.17) is 0 Å². The third kappa shape index (κ3) is 6.37. The van der Waals surface area contributed by atoms with E-state index >= 15 is 0 Å². The Hall–Kier alpha value is -5.60. The van der Waals surface area contributed by atoms with Crippen LogP contribution in [0.2, 0.25) is 0 Å². The second-order valence-electron chi connectivity index (χ2n) is 11.4. The minimum absolute atomic E-state index is 0.989. The average molecular weight is 579 g/mol. The van der Waals surface area contributed by atoms with Gasteiger partial charge in [0.1, 0.15) is 0 Å². The lowest BCUT2D eigenvalue weighted by molar-refractivity contribution is 1.04. The Morgan fingerprint density at radius 2 is 0.911 bits per heavy atom. The molecule has 2 aromatic heterocycles. The molecule has 0 unspecified atom stereocenters. The van der Waals surface area contributed by atoms with Crippen molar-refractivity contribution in [3.63, 3.8) is 0 Å². The summed E-state index contributed by atoms with van der Waals surface area (Å²) in [6, 6.07) is 41.6. The molecule has 0 bridgehead atoms. The number of benzene rings is 4. The van der Waals surface area contributed by atoms with Crippen molar-refractivity contribution in [3.8, 4) is 55.6 Å². The van der Waals surface area contributed by atoms with Crippen molar-refractivity contribution in [1.82, 2.24) is 9.97 Å². The van der Waals surface area contributed by atoms with E-state index in [0.29, 0.717) is 0 Å². The third-order valence-corrected chi connectivity index (χ3v) is 8.49. The first-order chi connectivity index (χ1) is 22.2. The lowest BCUT2D eigenvalue weighted by Gasteiger charge is -2.14. The van der Waals surface area contributed by atoms with Gasteiger partial charge in [-0.25, -0.2) is 0 Å². The van der Waals surface area contributed by atoms with Gasteiger partial charge in [0.25, 0.3) is 0 Å². The number of allylic oxidation sites excluding steroid dienone is 6. The summed E-state index contributed by atoms with van der Waals surface area (Å²) >= 11 is 0. The molecule has 0 spiro atoms. The molecule has 4 aromatic carbocycles. The molecule has 45 heavy (non-hydrogen) atoms. The van der Waals surface area contributed by atoms with Gasteiger partial charge >= 0.3 is 0 Å². The Kier molecular flexibility index (Phi) is 8.11. The first kappa shape index (κ1) is 28.2. The maximum atomic E-state index is 4.35. The number of nitrogens with zero attached hydrogens (tertiary/aromatic N) is 2. The van der Waals surface area contributed by atoms with Crippen LogP contribution in [0.5, 0.6) is 0 Å². The van der Waals surface area contributed by atoms with E-state index in [1.165, 1.54) is 50.1 Å². The van der Waals surface area contributed by atoms with Crippen LogP contribution in [-0.2, 0) is 0 Å². The van der Waals surface area contributed by atoms with Gasteiger partial charge in [0.05, 0.1) is 0 Å². The highest BCUT2D eigenvalue weighted by molar-refractivity contribution is 5.85. The Morgan fingerprint density at radius 3 is 1.38 bits per heavy atom. The third-order valence-electron chi connectivity index (χ3n) is 8.49. The van der Waals surface area contributed by atoms with Crippen LogP contribution in [0.3, 0.4) is 0 Å². The highest BCUT2D eigenvalue weighted by Crippen LogP contribution is 2.36. The maximum Gasteiger partial charge on any atom is 0.0346 e. The SMILES string of the molecule is CCC1=CC=CC(c2cccc(-c3cc(-c4cccc(-c5cccnc5)c4)cc(-c4cccc(-c5cccnc5)c4)c3)c2)=CC1. The molecule has 2 heteroatoms. The summed E-state index contributed by atoms with van der Waals surface area (Å²) in [5, 5.41) is 0. The monoisotopic (exact) mass is 578 g/mol. The van der Waals surface area contributed by atoms with Gasteiger partial charge in [-0.15, -0.1) is 0 Å². The molecule has 0 saturated carbocycles. The van der Waals surface area contributed by atoms with E-state index in [1.54, 1.807) is 0 Å². The summed E-state index contributed by atoms with van der Waals surface area (Å²) in [7, 11) is 0. The standard InChI is InChI=1S/C43H34N2/c1-2-31-9-3-10-32(20-19-31)33-11-4-14-36(23-33)41-26-42(37-15-5-12-34(24-37)39-17-7-21-44-29-39)28-43(27-41)38-16-6-13-35(25-38)40-18-8-22-45-30-40/h3-18,20-30H,2,19H2,1H3. The van der Waals surface area contributed by atoms with Crippen molar-refractivity contribution in [2.24, 2.45) is 0 Å². The van der Waals surface area contributed by atoms with E-state index in [1.807, 2.05) is 36.9 Å². The molecule has 2 nitrogen and oxygen atoms in total. The van der Waals surface area contributed by atoms with Crippen molar-refractivity contribution < 1.29 is 0 Å². The molecule has 0 fully saturated rings. The van der Waals surface area contributed by atoms with E-state index < -0.39 is 0 Å².